The molecule has 1 rings (SSSR count). The number of benzene rings is 1. The van der Waals surface area contributed by atoms with Crippen LogP contribution in [0.25, 0.3) is 0 Å². The number of aliphatic hydroxyl groups is 1. The van der Waals surface area contributed by atoms with Gasteiger partial charge >= 0.3 is 0 Å². The molecule has 0 bridgehead atoms. The molecular formula is C13H20BrNO4S. The van der Waals surface area contributed by atoms with Gasteiger partial charge in [-0.3, -0.25) is 0 Å². The number of hydrogen-bond donors (Lipinski definition) is 2. The van der Waals surface area contributed by atoms with E-state index in [1.807, 2.05) is 13.8 Å². The Morgan fingerprint density at radius 3 is 2.55 bits per heavy atom. The molecule has 0 aromatic heterocycles. The van der Waals surface area contributed by atoms with Crippen LogP contribution in [0.4, 0.5) is 0 Å². The van der Waals surface area contributed by atoms with E-state index < -0.39 is 10.0 Å². The Morgan fingerprint density at radius 1 is 1.40 bits per heavy atom. The van der Waals surface area contributed by atoms with Crippen LogP contribution in [-0.4, -0.2) is 33.3 Å². The van der Waals surface area contributed by atoms with E-state index in [0.717, 1.165) is 0 Å². The molecule has 0 fully saturated rings. The highest BCUT2D eigenvalue weighted by Crippen LogP contribution is 2.27. The van der Waals surface area contributed by atoms with Gasteiger partial charge < -0.3 is 9.84 Å². The van der Waals surface area contributed by atoms with Crippen LogP contribution in [0, 0.1) is 5.92 Å². The quantitative estimate of drug-likeness (QED) is 0.775. The van der Waals surface area contributed by atoms with Crippen LogP contribution in [-0.2, 0) is 10.0 Å². The molecule has 0 heterocycles. The highest BCUT2D eigenvalue weighted by Gasteiger charge is 2.25. The van der Waals surface area contributed by atoms with Crippen LogP contribution in [0.1, 0.15) is 20.3 Å². The first kappa shape index (κ1) is 17.4. The summed E-state index contributed by atoms with van der Waals surface area (Å²) in [5.41, 5.74) is 0. The van der Waals surface area contributed by atoms with Gasteiger partial charge in [0.25, 0.3) is 0 Å². The number of methoxy groups -OCH3 is 1. The Hall–Kier alpha value is -0.630. The molecule has 0 aliphatic carbocycles. The van der Waals surface area contributed by atoms with Crippen molar-refractivity contribution in [3.63, 3.8) is 0 Å². The molecule has 0 saturated carbocycles. The fourth-order valence-electron chi connectivity index (χ4n) is 1.79. The first-order chi connectivity index (χ1) is 9.31. The summed E-state index contributed by atoms with van der Waals surface area (Å²) >= 11 is 3.26. The maximum Gasteiger partial charge on any atom is 0.244 e. The minimum absolute atomic E-state index is 0.0685. The number of sulfonamides is 1. The van der Waals surface area contributed by atoms with Crippen LogP contribution in [0.5, 0.6) is 5.75 Å². The zero-order chi connectivity index (χ0) is 15.3. The molecule has 1 unspecified atom stereocenters. The summed E-state index contributed by atoms with van der Waals surface area (Å²) in [4.78, 5) is 0.0814. The van der Waals surface area contributed by atoms with Crippen molar-refractivity contribution in [1.29, 1.82) is 0 Å². The first-order valence-corrected chi connectivity index (χ1v) is 8.56. The van der Waals surface area contributed by atoms with Crippen LogP contribution in [0.3, 0.4) is 0 Å². The topological polar surface area (TPSA) is 75.6 Å². The molecule has 0 amide bonds. The van der Waals surface area contributed by atoms with Crippen LogP contribution in [0.2, 0.25) is 0 Å². The summed E-state index contributed by atoms with van der Waals surface area (Å²) in [6.07, 6.45) is 0.368. The number of hydrogen-bond acceptors (Lipinski definition) is 4. The monoisotopic (exact) mass is 365 g/mol. The van der Waals surface area contributed by atoms with Gasteiger partial charge in [-0.15, -0.1) is 0 Å². The Balaban J connectivity index is 3.13. The molecule has 0 aliphatic rings. The lowest BCUT2D eigenvalue weighted by atomic mass is 10.0. The number of nitrogens with one attached hydrogen (secondary N) is 1. The fourth-order valence-corrected chi connectivity index (χ4v) is 3.92. The highest BCUT2D eigenvalue weighted by molar-refractivity contribution is 9.10. The Kier molecular flexibility index (Phi) is 6.44. The molecule has 0 radical (unpaired) electrons. The summed E-state index contributed by atoms with van der Waals surface area (Å²) in [5.74, 6) is 0.363. The van der Waals surface area contributed by atoms with Gasteiger partial charge in [0, 0.05) is 17.1 Å². The number of ether oxygens (including phenoxy) is 1. The predicted molar refractivity (Wildman–Crippen MR) is 81.3 cm³/mol. The van der Waals surface area contributed by atoms with Gasteiger partial charge in [0.05, 0.1) is 7.11 Å². The van der Waals surface area contributed by atoms with Crippen molar-refractivity contribution in [2.45, 2.75) is 31.2 Å². The van der Waals surface area contributed by atoms with E-state index in [2.05, 4.69) is 20.7 Å². The fraction of sp³-hybridized carbons (Fsp3) is 0.538. The molecule has 1 aromatic rings. The van der Waals surface area contributed by atoms with Crippen molar-refractivity contribution >= 4 is 26.0 Å². The summed E-state index contributed by atoms with van der Waals surface area (Å²) in [6, 6.07) is 4.48. The Morgan fingerprint density at radius 2 is 2.05 bits per heavy atom. The number of halogens is 1. The van der Waals surface area contributed by atoms with Crippen molar-refractivity contribution in [2.24, 2.45) is 5.92 Å². The van der Waals surface area contributed by atoms with E-state index >= 15 is 0 Å². The Bertz CT molecular complexity index is 545. The van der Waals surface area contributed by atoms with Gasteiger partial charge in [-0.1, -0.05) is 29.8 Å². The maximum atomic E-state index is 12.5. The average molecular weight is 366 g/mol. The minimum atomic E-state index is -3.71. The van der Waals surface area contributed by atoms with E-state index in [1.165, 1.54) is 13.2 Å². The summed E-state index contributed by atoms with van der Waals surface area (Å²) < 4.78 is 33.3. The molecule has 7 heteroatoms. The zero-order valence-corrected chi connectivity index (χ0v) is 14.2. The minimum Gasteiger partial charge on any atom is -0.495 e. The standard InChI is InChI=1S/C13H20BrNO4S/c1-9(2)11(6-7-16)15-20(17,18)13-8-10(14)4-5-12(13)19-3/h4-5,8-9,11,15-16H,6-7H2,1-3H3. The molecule has 1 aromatic carbocycles. The molecule has 2 N–H and O–H groups in total. The molecular weight excluding hydrogens is 346 g/mol. The van der Waals surface area contributed by atoms with Gasteiger partial charge in [0.2, 0.25) is 10.0 Å². The largest absolute Gasteiger partial charge is 0.495 e. The van der Waals surface area contributed by atoms with Crippen LogP contribution < -0.4 is 9.46 Å². The van der Waals surface area contributed by atoms with Crippen molar-refractivity contribution in [3.05, 3.63) is 22.7 Å². The third-order valence-corrected chi connectivity index (χ3v) is 4.97. The summed E-state index contributed by atoms with van der Waals surface area (Å²) in [5, 5.41) is 9.03. The van der Waals surface area contributed by atoms with Gasteiger partial charge in [0.1, 0.15) is 10.6 Å². The molecule has 0 saturated heterocycles. The Labute approximate surface area is 128 Å². The average Bonchev–Trinajstić information content (AvgIpc) is 2.38. The van der Waals surface area contributed by atoms with E-state index in [-0.39, 0.29) is 29.2 Å². The summed E-state index contributed by atoms with van der Waals surface area (Å²) in [7, 11) is -2.28. The number of aliphatic hydroxyl groups excluding tert-OH is 1. The second-order valence-electron chi connectivity index (χ2n) is 4.78. The lowest BCUT2D eigenvalue weighted by molar-refractivity contribution is 0.255. The maximum absolute atomic E-state index is 12.5. The van der Waals surface area contributed by atoms with Crippen LogP contribution in [0.15, 0.2) is 27.6 Å². The van der Waals surface area contributed by atoms with Gasteiger partial charge in [-0.05, 0) is 30.5 Å². The molecule has 0 spiro atoms. The van der Waals surface area contributed by atoms with Gasteiger partial charge in [-0.25, -0.2) is 13.1 Å². The second kappa shape index (κ2) is 7.40. The first-order valence-electron chi connectivity index (χ1n) is 6.28. The highest BCUT2D eigenvalue weighted by atomic mass is 79.9. The van der Waals surface area contributed by atoms with E-state index in [0.29, 0.717) is 10.9 Å². The van der Waals surface area contributed by atoms with E-state index in [9.17, 15) is 8.42 Å². The SMILES string of the molecule is COc1ccc(Br)cc1S(=O)(=O)NC(CCO)C(C)C. The number of rotatable bonds is 7. The lowest BCUT2D eigenvalue weighted by Gasteiger charge is -2.22. The second-order valence-corrected chi connectivity index (χ2v) is 7.38. The van der Waals surface area contributed by atoms with Crippen molar-refractivity contribution < 1.29 is 18.3 Å². The third kappa shape index (κ3) is 4.44. The normalized spacial score (nSPS) is 13.5. The van der Waals surface area contributed by atoms with E-state index in [4.69, 9.17) is 9.84 Å². The molecule has 5 nitrogen and oxygen atoms in total. The van der Waals surface area contributed by atoms with Crippen molar-refractivity contribution in [3.8, 4) is 5.75 Å². The molecule has 0 aliphatic heterocycles. The molecule has 20 heavy (non-hydrogen) atoms. The zero-order valence-electron chi connectivity index (χ0n) is 11.8. The van der Waals surface area contributed by atoms with Crippen molar-refractivity contribution in [2.75, 3.05) is 13.7 Å². The molecule has 1 atom stereocenters. The van der Waals surface area contributed by atoms with Crippen molar-refractivity contribution in [1.82, 2.24) is 4.72 Å². The summed E-state index contributed by atoms with van der Waals surface area (Å²) in [6.45, 7) is 3.74. The third-order valence-electron chi connectivity index (χ3n) is 2.97. The van der Waals surface area contributed by atoms with Gasteiger partial charge in [-0.2, -0.15) is 0 Å². The smallest absolute Gasteiger partial charge is 0.244 e. The van der Waals surface area contributed by atoms with Crippen LogP contribution >= 0.6 is 15.9 Å². The lowest BCUT2D eigenvalue weighted by Crippen LogP contribution is -2.39. The van der Waals surface area contributed by atoms with E-state index in [1.54, 1.807) is 12.1 Å². The predicted octanol–water partition coefficient (Wildman–Crippen LogP) is 2.14. The van der Waals surface area contributed by atoms with Gasteiger partial charge in [0.15, 0.2) is 0 Å². The molecule has 114 valence electrons.